The maximum atomic E-state index is 11.0. The van der Waals surface area contributed by atoms with Crippen molar-refractivity contribution in [3.63, 3.8) is 0 Å². The Bertz CT molecular complexity index is 248. The molecular formula is C13H26N2O3. The van der Waals surface area contributed by atoms with Crippen LogP contribution >= 0.6 is 0 Å². The van der Waals surface area contributed by atoms with Gasteiger partial charge in [0.05, 0.1) is 12.5 Å². The van der Waals surface area contributed by atoms with Crippen molar-refractivity contribution in [1.82, 2.24) is 10.2 Å². The lowest BCUT2D eigenvalue weighted by molar-refractivity contribution is -0.143. The number of hydrogen-bond acceptors (Lipinski definition) is 4. The van der Waals surface area contributed by atoms with Gasteiger partial charge in [0.2, 0.25) is 0 Å². The molecule has 0 aromatic carbocycles. The van der Waals surface area contributed by atoms with Gasteiger partial charge in [-0.3, -0.25) is 4.79 Å². The molecule has 18 heavy (non-hydrogen) atoms. The van der Waals surface area contributed by atoms with Crippen molar-refractivity contribution in [2.24, 2.45) is 5.92 Å². The van der Waals surface area contributed by atoms with Gasteiger partial charge < -0.3 is 20.1 Å². The third kappa shape index (κ3) is 5.80. The second-order valence-corrected chi connectivity index (χ2v) is 5.15. The van der Waals surface area contributed by atoms with Crippen molar-refractivity contribution in [1.29, 1.82) is 0 Å². The predicted octanol–water partition coefficient (Wildman–Crippen LogP) is 0.798. The molecule has 0 aromatic rings. The van der Waals surface area contributed by atoms with Crippen LogP contribution < -0.4 is 5.32 Å². The zero-order valence-electron chi connectivity index (χ0n) is 11.5. The van der Waals surface area contributed by atoms with E-state index in [0.29, 0.717) is 6.04 Å². The van der Waals surface area contributed by atoms with Crippen molar-refractivity contribution in [3.05, 3.63) is 0 Å². The highest BCUT2D eigenvalue weighted by Crippen LogP contribution is 2.24. The van der Waals surface area contributed by atoms with Gasteiger partial charge in [-0.15, -0.1) is 0 Å². The summed E-state index contributed by atoms with van der Waals surface area (Å²) in [7, 11) is 3.78. The van der Waals surface area contributed by atoms with Crippen LogP contribution in [0.5, 0.6) is 0 Å². The maximum Gasteiger partial charge on any atom is 0.306 e. The predicted molar refractivity (Wildman–Crippen MR) is 70.8 cm³/mol. The van der Waals surface area contributed by atoms with Crippen molar-refractivity contribution in [2.75, 3.05) is 40.4 Å². The van der Waals surface area contributed by atoms with Crippen LogP contribution in [0.2, 0.25) is 0 Å². The smallest absolute Gasteiger partial charge is 0.306 e. The van der Waals surface area contributed by atoms with E-state index in [-0.39, 0.29) is 5.92 Å². The van der Waals surface area contributed by atoms with E-state index in [2.05, 4.69) is 17.3 Å². The Hall–Kier alpha value is -0.650. The van der Waals surface area contributed by atoms with Crippen LogP contribution in [-0.2, 0) is 9.53 Å². The van der Waals surface area contributed by atoms with Crippen LogP contribution in [0.15, 0.2) is 0 Å². The van der Waals surface area contributed by atoms with Crippen molar-refractivity contribution in [3.8, 4) is 0 Å². The van der Waals surface area contributed by atoms with Crippen molar-refractivity contribution < 1.29 is 14.6 Å². The highest BCUT2D eigenvalue weighted by atomic mass is 16.5. The molecule has 1 rings (SSSR count). The lowest BCUT2D eigenvalue weighted by Crippen LogP contribution is -2.40. The first kappa shape index (κ1) is 15.4. The van der Waals surface area contributed by atoms with Crippen LogP contribution in [-0.4, -0.2) is 62.4 Å². The van der Waals surface area contributed by atoms with E-state index >= 15 is 0 Å². The number of methoxy groups -OCH3 is 1. The molecule has 1 aliphatic rings. The van der Waals surface area contributed by atoms with Crippen LogP contribution in [0.25, 0.3) is 0 Å². The molecule has 5 nitrogen and oxygen atoms in total. The fraction of sp³-hybridized carbons (Fsp3) is 0.923. The van der Waals surface area contributed by atoms with Gasteiger partial charge in [-0.05, 0) is 26.3 Å². The van der Waals surface area contributed by atoms with E-state index in [1.165, 1.54) is 0 Å². The second kappa shape index (κ2) is 8.45. The summed E-state index contributed by atoms with van der Waals surface area (Å²) in [5.74, 6) is -0.791. The molecule has 106 valence electrons. The SMILES string of the molecule is COCCN(C)CCNC1CCCC(C(=O)O)C1. The molecule has 1 aliphatic carbocycles. The summed E-state index contributed by atoms with van der Waals surface area (Å²) >= 11 is 0. The quantitative estimate of drug-likeness (QED) is 0.674. The fourth-order valence-corrected chi connectivity index (χ4v) is 2.42. The molecular weight excluding hydrogens is 232 g/mol. The Morgan fingerprint density at radius 3 is 2.89 bits per heavy atom. The Labute approximate surface area is 109 Å². The third-order valence-corrected chi connectivity index (χ3v) is 3.63. The molecule has 1 saturated carbocycles. The minimum absolute atomic E-state index is 0.150. The largest absolute Gasteiger partial charge is 0.481 e. The highest BCUT2D eigenvalue weighted by molar-refractivity contribution is 5.70. The summed E-state index contributed by atoms with van der Waals surface area (Å²) in [6.07, 6.45) is 3.73. The van der Waals surface area contributed by atoms with Gasteiger partial charge in [-0.2, -0.15) is 0 Å². The van der Waals surface area contributed by atoms with Crippen LogP contribution in [0, 0.1) is 5.92 Å². The number of hydrogen-bond donors (Lipinski definition) is 2. The van der Waals surface area contributed by atoms with Crippen molar-refractivity contribution in [2.45, 2.75) is 31.7 Å². The zero-order chi connectivity index (χ0) is 13.4. The molecule has 0 aromatic heterocycles. The molecule has 0 bridgehead atoms. The van der Waals surface area contributed by atoms with Gasteiger partial charge >= 0.3 is 5.97 Å². The summed E-state index contributed by atoms with van der Waals surface area (Å²) in [6, 6.07) is 0.371. The van der Waals surface area contributed by atoms with E-state index in [0.717, 1.165) is 51.9 Å². The number of nitrogens with one attached hydrogen (secondary N) is 1. The van der Waals surface area contributed by atoms with E-state index in [4.69, 9.17) is 9.84 Å². The van der Waals surface area contributed by atoms with E-state index in [9.17, 15) is 4.79 Å². The normalized spacial score (nSPS) is 24.4. The summed E-state index contributed by atoms with van der Waals surface area (Å²) < 4.78 is 5.02. The summed E-state index contributed by atoms with van der Waals surface area (Å²) in [6.45, 7) is 3.57. The molecule has 0 saturated heterocycles. The molecule has 0 heterocycles. The summed E-state index contributed by atoms with van der Waals surface area (Å²) in [4.78, 5) is 13.2. The highest BCUT2D eigenvalue weighted by Gasteiger charge is 2.26. The Morgan fingerprint density at radius 1 is 1.44 bits per heavy atom. The molecule has 0 radical (unpaired) electrons. The molecule has 2 atom stereocenters. The molecule has 2 N–H and O–H groups in total. The second-order valence-electron chi connectivity index (χ2n) is 5.15. The number of carboxylic acid groups (broad SMARTS) is 1. The third-order valence-electron chi connectivity index (χ3n) is 3.63. The molecule has 2 unspecified atom stereocenters. The Kier molecular flexibility index (Phi) is 7.23. The zero-order valence-corrected chi connectivity index (χ0v) is 11.5. The van der Waals surface area contributed by atoms with E-state index < -0.39 is 5.97 Å². The molecule has 0 spiro atoms. The fourth-order valence-electron chi connectivity index (χ4n) is 2.42. The lowest BCUT2D eigenvalue weighted by atomic mass is 9.86. The van der Waals surface area contributed by atoms with Crippen LogP contribution in [0.4, 0.5) is 0 Å². The van der Waals surface area contributed by atoms with Gasteiger partial charge in [0, 0.05) is 32.8 Å². The topological polar surface area (TPSA) is 61.8 Å². The van der Waals surface area contributed by atoms with Gasteiger partial charge in [-0.25, -0.2) is 0 Å². The van der Waals surface area contributed by atoms with E-state index in [1.807, 2.05) is 0 Å². The number of nitrogens with zero attached hydrogens (tertiary/aromatic N) is 1. The van der Waals surface area contributed by atoms with Crippen LogP contribution in [0.1, 0.15) is 25.7 Å². The Balaban J connectivity index is 2.13. The first-order chi connectivity index (χ1) is 8.63. The average molecular weight is 258 g/mol. The standard InChI is InChI=1S/C13H26N2O3/c1-15(8-9-18-2)7-6-14-12-5-3-4-11(10-12)13(16)17/h11-12,14H,3-10H2,1-2H3,(H,16,17). The summed E-state index contributed by atoms with van der Waals surface area (Å²) in [5, 5.41) is 12.5. The summed E-state index contributed by atoms with van der Waals surface area (Å²) in [5.41, 5.74) is 0. The minimum Gasteiger partial charge on any atom is -0.481 e. The average Bonchev–Trinajstić information content (AvgIpc) is 2.36. The molecule has 0 aliphatic heterocycles. The first-order valence-corrected chi connectivity index (χ1v) is 6.77. The number of ether oxygens (including phenoxy) is 1. The van der Waals surface area contributed by atoms with Crippen molar-refractivity contribution >= 4 is 5.97 Å². The number of likely N-dealkylation sites (N-methyl/N-ethyl adjacent to an activating group) is 1. The monoisotopic (exact) mass is 258 g/mol. The maximum absolute atomic E-state index is 11.0. The molecule has 1 fully saturated rings. The first-order valence-electron chi connectivity index (χ1n) is 6.77. The van der Waals surface area contributed by atoms with Crippen LogP contribution in [0.3, 0.4) is 0 Å². The van der Waals surface area contributed by atoms with Gasteiger partial charge in [-0.1, -0.05) is 6.42 Å². The number of carbonyl (C=O) groups is 1. The number of aliphatic carboxylic acids is 1. The molecule has 0 amide bonds. The minimum atomic E-state index is -0.640. The van der Waals surface area contributed by atoms with Gasteiger partial charge in [0.25, 0.3) is 0 Å². The van der Waals surface area contributed by atoms with Gasteiger partial charge in [0.15, 0.2) is 0 Å². The van der Waals surface area contributed by atoms with E-state index in [1.54, 1.807) is 7.11 Å². The number of carboxylic acids is 1. The number of rotatable bonds is 8. The molecule has 5 heteroatoms. The lowest BCUT2D eigenvalue weighted by Gasteiger charge is -2.28. The van der Waals surface area contributed by atoms with Gasteiger partial charge in [0.1, 0.15) is 0 Å². The Morgan fingerprint density at radius 2 is 2.22 bits per heavy atom.